The lowest BCUT2D eigenvalue weighted by Crippen LogP contribution is -1.86. The number of rotatable bonds is 12. The van der Waals surface area contributed by atoms with Gasteiger partial charge >= 0.3 is 0 Å². The lowest BCUT2D eigenvalue weighted by Gasteiger charge is -2.11. The van der Waals surface area contributed by atoms with E-state index in [1.54, 1.807) is 0 Å². The van der Waals surface area contributed by atoms with Gasteiger partial charge in [0.25, 0.3) is 0 Å². The lowest BCUT2D eigenvalue weighted by molar-refractivity contribution is 0.670. The molecule has 0 aliphatic heterocycles. The fourth-order valence-electron chi connectivity index (χ4n) is 5.63. The third-order valence-electron chi connectivity index (χ3n) is 7.89. The fourth-order valence-corrected chi connectivity index (χ4v) is 7.89. The van der Waals surface area contributed by atoms with Crippen molar-refractivity contribution in [1.29, 1.82) is 0 Å². The van der Waals surface area contributed by atoms with E-state index in [0.717, 1.165) is 0 Å². The molecule has 0 nitrogen and oxygen atoms in total. The lowest BCUT2D eigenvalue weighted by atomic mass is 9.95. The minimum absolute atomic E-state index is 1.22. The van der Waals surface area contributed by atoms with Gasteiger partial charge in [-0.25, -0.2) is 0 Å². The monoisotopic (exact) mass is 538 g/mol. The van der Waals surface area contributed by atoms with E-state index in [4.69, 9.17) is 0 Å². The van der Waals surface area contributed by atoms with Crippen LogP contribution in [0.4, 0.5) is 0 Å². The minimum Gasteiger partial charge on any atom is -0.140 e. The Bertz CT molecular complexity index is 1400. The predicted octanol–water partition coefficient (Wildman–Crippen LogP) is 12.3. The Labute approximate surface area is 237 Å². The first-order chi connectivity index (χ1) is 18.6. The molecular formula is C36H42S2. The van der Waals surface area contributed by atoms with Gasteiger partial charge in [0.1, 0.15) is 0 Å². The van der Waals surface area contributed by atoms with E-state index in [0.29, 0.717) is 0 Å². The fraction of sp³-hybridized carbons (Fsp3) is 0.389. The Hall–Kier alpha value is -2.42. The van der Waals surface area contributed by atoms with Crippen molar-refractivity contribution in [3.8, 4) is 20.9 Å². The highest BCUT2D eigenvalue weighted by Gasteiger charge is 2.12. The van der Waals surface area contributed by atoms with E-state index in [2.05, 4.69) is 88.4 Å². The van der Waals surface area contributed by atoms with E-state index in [1.165, 1.54) is 128 Å². The number of fused-ring (bicyclic) bond motifs is 2. The second-order valence-electron chi connectivity index (χ2n) is 11.0. The molecular weight excluding hydrogens is 497 g/mol. The van der Waals surface area contributed by atoms with Crippen molar-refractivity contribution in [3.05, 3.63) is 81.5 Å². The predicted molar refractivity (Wildman–Crippen MR) is 173 cm³/mol. The third kappa shape index (κ3) is 6.24. The summed E-state index contributed by atoms with van der Waals surface area (Å²) in [5, 5.41) is 5.36. The summed E-state index contributed by atoms with van der Waals surface area (Å²) in [5.74, 6) is 0. The average molecular weight is 539 g/mol. The van der Waals surface area contributed by atoms with Crippen LogP contribution in [0.5, 0.6) is 0 Å². The summed E-state index contributed by atoms with van der Waals surface area (Å²) in [6.07, 6.45) is 13.1. The molecule has 5 rings (SSSR count). The Kier molecular flexibility index (Phi) is 9.02. The molecule has 0 saturated heterocycles. The molecule has 2 heterocycles. The Morgan fingerprint density at radius 3 is 1.32 bits per heavy atom. The number of unbranched alkanes of at least 4 members (excludes halogenated alkanes) is 6. The molecule has 38 heavy (non-hydrogen) atoms. The van der Waals surface area contributed by atoms with Gasteiger partial charge in [0.15, 0.2) is 0 Å². The van der Waals surface area contributed by atoms with Gasteiger partial charge in [0.2, 0.25) is 0 Å². The highest BCUT2D eigenvalue weighted by Crippen LogP contribution is 2.38. The molecule has 0 N–H and O–H groups in total. The molecule has 5 aromatic rings. The van der Waals surface area contributed by atoms with Gasteiger partial charge in [-0.1, -0.05) is 64.5 Å². The summed E-state index contributed by atoms with van der Waals surface area (Å²) >= 11 is 3.97. The molecule has 0 fully saturated rings. The molecule has 2 heteroatoms. The van der Waals surface area contributed by atoms with Crippen LogP contribution in [-0.4, -0.2) is 0 Å². The third-order valence-corrected chi connectivity index (χ3v) is 10.2. The highest BCUT2D eigenvalue weighted by molar-refractivity contribution is 7.15. The Balaban J connectivity index is 1.41. The van der Waals surface area contributed by atoms with Crippen LogP contribution in [0.3, 0.4) is 0 Å². The summed E-state index contributed by atoms with van der Waals surface area (Å²) in [4.78, 5) is 5.86. The maximum absolute atomic E-state index is 2.42. The number of aryl methyl sites for hydroxylation is 4. The molecule has 0 aliphatic carbocycles. The molecule has 198 valence electrons. The van der Waals surface area contributed by atoms with Gasteiger partial charge in [-0.3, -0.25) is 0 Å². The van der Waals surface area contributed by atoms with Crippen LogP contribution in [0.1, 0.15) is 86.1 Å². The van der Waals surface area contributed by atoms with E-state index in [1.807, 2.05) is 22.7 Å². The van der Waals surface area contributed by atoms with E-state index < -0.39 is 0 Å². The largest absolute Gasteiger partial charge is 0.140 e. The van der Waals surface area contributed by atoms with E-state index >= 15 is 0 Å². The van der Waals surface area contributed by atoms with Crippen molar-refractivity contribution in [2.75, 3.05) is 0 Å². The highest BCUT2D eigenvalue weighted by atomic mass is 32.1. The quantitative estimate of drug-likeness (QED) is 0.109. The Morgan fingerprint density at radius 1 is 0.474 bits per heavy atom. The van der Waals surface area contributed by atoms with Crippen LogP contribution < -0.4 is 0 Å². The van der Waals surface area contributed by atoms with Gasteiger partial charge in [-0.05, 0) is 132 Å². The van der Waals surface area contributed by atoms with Gasteiger partial charge in [-0.2, -0.15) is 0 Å². The first-order valence-electron chi connectivity index (χ1n) is 14.7. The van der Waals surface area contributed by atoms with Crippen molar-refractivity contribution in [2.24, 2.45) is 0 Å². The van der Waals surface area contributed by atoms with Crippen LogP contribution in [0.15, 0.2) is 60.7 Å². The van der Waals surface area contributed by atoms with Gasteiger partial charge in [0, 0.05) is 19.5 Å². The molecule has 0 spiro atoms. The Morgan fingerprint density at radius 2 is 0.895 bits per heavy atom. The average Bonchev–Trinajstić information content (AvgIpc) is 3.57. The molecule has 0 unspecified atom stereocenters. The van der Waals surface area contributed by atoms with Gasteiger partial charge in [0.05, 0.1) is 0 Å². The topological polar surface area (TPSA) is 0 Å². The maximum Gasteiger partial charge on any atom is 0.0348 e. The summed E-state index contributed by atoms with van der Waals surface area (Å²) in [5.41, 5.74) is 5.52. The number of hydrogen-bond donors (Lipinski definition) is 0. The standard InChI is InChI=1S/C36H42S2/c1-5-7-9-11-13-31-15-17-35(37-31)33-23-29-21-28-20-26(4)34(24-30(28)22-27(29)19-25(33)3)36-18-16-32(38-36)14-12-10-8-6-2/h15-24H,5-14H2,1-4H3. The van der Waals surface area contributed by atoms with Crippen molar-refractivity contribution in [2.45, 2.75) is 91.9 Å². The molecule has 0 radical (unpaired) electrons. The maximum atomic E-state index is 2.42. The van der Waals surface area contributed by atoms with Crippen molar-refractivity contribution in [1.82, 2.24) is 0 Å². The SMILES string of the molecule is CCCCCCc1ccc(-c2cc3cc4cc(C)c(-c5ccc(CCCCCC)s5)cc4cc3cc2C)s1. The first-order valence-corrected chi connectivity index (χ1v) is 16.4. The number of benzene rings is 3. The summed E-state index contributed by atoms with van der Waals surface area (Å²) in [7, 11) is 0. The molecule has 0 bridgehead atoms. The first kappa shape index (κ1) is 27.2. The molecule has 2 aromatic heterocycles. The smallest absolute Gasteiger partial charge is 0.0348 e. The van der Waals surface area contributed by atoms with Crippen molar-refractivity contribution >= 4 is 44.2 Å². The summed E-state index contributed by atoms with van der Waals surface area (Å²) < 4.78 is 0. The van der Waals surface area contributed by atoms with Crippen molar-refractivity contribution < 1.29 is 0 Å². The van der Waals surface area contributed by atoms with Crippen LogP contribution in [-0.2, 0) is 12.8 Å². The minimum atomic E-state index is 1.22. The zero-order chi connectivity index (χ0) is 26.5. The molecule has 0 atom stereocenters. The normalized spacial score (nSPS) is 11.7. The van der Waals surface area contributed by atoms with Crippen LogP contribution in [0.25, 0.3) is 42.4 Å². The molecule has 0 aliphatic rings. The van der Waals surface area contributed by atoms with E-state index in [-0.39, 0.29) is 0 Å². The van der Waals surface area contributed by atoms with E-state index in [9.17, 15) is 0 Å². The molecule has 0 saturated carbocycles. The molecule has 0 amide bonds. The zero-order valence-electron chi connectivity index (χ0n) is 23.7. The van der Waals surface area contributed by atoms with Crippen LogP contribution in [0.2, 0.25) is 0 Å². The second kappa shape index (κ2) is 12.6. The summed E-state index contributed by atoms with van der Waals surface area (Å²) in [6.45, 7) is 9.11. The summed E-state index contributed by atoms with van der Waals surface area (Å²) in [6, 6.07) is 23.8. The number of hydrogen-bond acceptors (Lipinski definition) is 2. The molecule has 3 aromatic carbocycles. The van der Waals surface area contributed by atoms with Gasteiger partial charge < -0.3 is 0 Å². The zero-order valence-corrected chi connectivity index (χ0v) is 25.3. The second-order valence-corrected chi connectivity index (χ2v) is 13.4. The number of thiophene rings is 2. The van der Waals surface area contributed by atoms with Gasteiger partial charge in [-0.15, -0.1) is 22.7 Å². The van der Waals surface area contributed by atoms with Crippen LogP contribution >= 0.6 is 22.7 Å². The van der Waals surface area contributed by atoms with Crippen molar-refractivity contribution in [3.63, 3.8) is 0 Å². The van der Waals surface area contributed by atoms with Crippen LogP contribution in [0, 0.1) is 13.8 Å².